The Hall–Kier alpha value is -1.93. The van der Waals surface area contributed by atoms with E-state index in [-0.39, 0.29) is 0 Å². The van der Waals surface area contributed by atoms with Gasteiger partial charge in [0.05, 0.1) is 6.04 Å². The fourth-order valence-electron chi connectivity index (χ4n) is 4.40. The molecule has 3 heteroatoms. The number of benzene rings is 2. The molecule has 4 rings (SSSR count). The molecule has 2 aromatic carbocycles. The minimum absolute atomic E-state index is 0.311. The average Bonchev–Trinajstić information content (AvgIpc) is 3.12. The zero-order chi connectivity index (χ0) is 17.4. The lowest BCUT2D eigenvalue weighted by atomic mass is 9.77. The molecule has 0 amide bonds. The second-order valence-electron chi connectivity index (χ2n) is 6.97. The minimum atomic E-state index is 0.311. The average molecular weight is 353 g/mol. The highest BCUT2D eigenvalue weighted by Crippen LogP contribution is 2.50. The third kappa shape index (κ3) is 2.93. The summed E-state index contributed by atoms with van der Waals surface area (Å²) in [5.41, 5.74) is 5.30. The molecule has 1 aliphatic carbocycles. The lowest BCUT2D eigenvalue weighted by Crippen LogP contribution is -2.29. The number of fused-ring (bicyclic) bond motifs is 3. The summed E-state index contributed by atoms with van der Waals surface area (Å²) in [6, 6.07) is 15.5. The van der Waals surface area contributed by atoms with Crippen LogP contribution in [0.1, 0.15) is 43.4 Å². The fourth-order valence-corrected chi connectivity index (χ4v) is 4.60. The molecule has 0 radical (unpaired) electrons. The summed E-state index contributed by atoms with van der Waals surface area (Å²) in [5.74, 6) is 1.04. The van der Waals surface area contributed by atoms with Crippen molar-refractivity contribution < 1.29 is 0 Å². The van der Waals surface area contributed by atoms with Crippen molar-refractivity contribution in [2.45, 2.75) is 32.2 Å². The van der Waals surface area contributed by atoms with E-state index in [1.807, 2.05) is 6.07 Å². The van der Waals surface area contributed by atoms with Gasteiger partial charge in [-0.1, -0.05) is 35.9 Å². The zero-order valence-electron chi connectivity index (χ0n) is 14.9. The first-order valence-electron chi connectivity index (χ1n) is 9.28. The smallest absolute Gasteiger partial charge is 0.0554 e. The van der Waals surface area contributed by atoms with Gasteiger partial charge in [0.25, 0.3) is 0 Å². The second-order valence-corrected chi connectivity index (χ2v) is 7.41. The zero-order valence-corrected chi connectivity index (χ0v) is 15.6. The summed E-state index contributed by atoms with van der Waals surface area (Å²) in [5, 5.41) is 4.61. The van der Waals surface area contributed by atoms with Gasteiger partial charge in [-0.2, -0.15) is 0 Å². The van der Waals surface area contributed by atoms with Crippen LogP contribution in [0, 0.1) is 5.92 Å². The van der Waals surface area contributed by atoms with Crippen molar-refractivity contribution in [2.75, 3.05) is 23.3 Å². The summed E-state index contributed by atoms with van der Waals surface area (Å²) in [7, 11) is 0. The molecule has 0 saturated heterocycles. The Bertz CT molecular complexity index is 794. The Morgan fingerprint density at radius 1 is 1.12 bits per heavy atom. The molecular formula is C22H25ClN2. The summed E-state index contributed by atoms with van der Waals surface area (Å²) in [4.78, 5) is 2.41. The van der Waals surface area contributed by atoms with E-state index in [2.05, 4.69) is 72.6 Å². The van der Waals surface area contributed by atoms with Gasteiger partial charge in [-0.3, -0.25) is 0 Å². The highest BCUT2D eigenvalue weighted by Gasteiger charge is 2.38. The maximum atomic E-state index is 6.25. The van der Waals surface area contributed by atoms with Crippen molar-refractivity contribution in [3.05, 3.63) is 70.8 Å². The van der Waals surface area contributed by atoms with Crippen LogP contribution in [0.25, 0.3) is 0 Å². The Morgan fingerprint density at radius 3 is 2.72 bits per heavy atom. The SMILES string of the molecule is CCN(CC)c1ccc2c(c1)C1C=CCC1C(c1cccc(Cl)c1)N2. The Morgan fingerprint density at radius 2 is 1.96 bits per heavy atom. The van der Waals surface area contributed by atoms with E-state index in [1.54, 1.807) is 0 Å². The normalized spacial score (nSPS) is 23.7. The van der Waals surface area contributed by atoms with Gasteiger partial charge in [-0.25, -0.2) is 0 Å². The molecule has 2 aromatic rings. The molecule has 0 fully saturated rings. The van der Waals surface area contributed by atoms with E-state index in [0.717, 1.165) is 24.5 Å². The fraction of sp³-hybridized carbons (Fsp3) is 0.364. The Labute approximate surface area is 155 Å². The lowest BCUT2D eigenvalue weighted by molar-refractivity contribution is 0.425. The van der Waals surface area contributed by atoms with Gasteiger partial charge in [-0.15, -0.1) is 0 Å². The van der Waals surface area contributed by atoms with E-state index in [1.165, 1.54) is 22.5 Å². The van der Waals surface area contributed by atoms with Crippen LogP contribution in [0.4, 0.5) is 11.4 Å². The molecule has 0 spiro atoms. The van der Waals surface area contributed by atoms with Crippen molar-refractivity contribution in [2.24, 2.45) is 5.92 Å². The third-order valence-corrected chi connectivity index (χ3v) is 5.92. The quantitative estimate of drug-likeness (QED) is 0.677. The van der Waals surface area contributed by atoms with E-state index in [4.69, 9.17) is 11.6 Å². The maximum Gasteiger partial charge on any atom is 0.0554 e. The number of rotatable bonds is 4. The number of anilines is 2. The van der Waals surface area contributed by atoms with Crippen LogP contribution in [0.15, 0.2) is 54.6 Å². The summed E-state index contributed by atoms with van der Waals surface area (Å²) in [6.45, 7) is 6.51. The van der Waals surface area contributed by atoms with E-state index in [9.17, 15) is 0 Å². The third-order valence-electron chi connectivity index (χ3n) is 5.68. The molecule has 1 heterocycles. The monoisotopic (exact) mass is 352 g/mol. The number of nitrogens with zero attached hydrogens (tertiary/aromatic N) is 1. The molecular weight excluding hydrogens is 328 g/mol. The van der Waals surface area contributed by atoms with E-state index >= 15 is 0 Å². The molecule has 25 heavy (non-hydrogen) atoms. The number of hydrogen-bond donors (Lipinski definition) is 1. The second kappa shape index (κ2) is 6.76. The van der Waals surface area contributed by atoms with Crippen molar-refractivity contribution in [3.8, 4) is 0 Å². The standard InChI is InChI=1S/C22H25ClN2/c1-3-25(4-2)17-11-12-21-20(14-17)18-9-6-10-19(18)22(24-21)15-7-5-8-16(23)13-15/h5-9,11-14,18-19,22,24H,3-4,10H2,1-2H3. The van der Waals surface area contributed by atoms with Gasteiger partial charge in [-0.05, 0) is 67.6 Å². The molecule has 130 valence electrons. The Balaban J connectivity index is 1.73. The largest absolute Gasteiger partial charge is 0.378 e. The number of halogens is 1. The molecule has 3 atom stereocenters. The lowest BCUT2D eigenvalue weighted by Gasteiger charge is -2.38. The molecule has 0 aromatic heterocycles. The molecule has 1 N–H and O–H groups in total. The Kier molecular flexibility index (Phi) is 4.47. The minimum Gasteiger partial charge on any atom is -0.378 e. The van der Waals surface area contributed by atoms with Gasteiger partial charge in [0.2, 0.25) is 0 Å². The first-order valence-corrected chi connectivity index (χ1v) is 9.66. The summed E-state index contributed by atoms with van der Waals surface area (Å²) >= 11 is 6.25. The molecule has 2 aliphatic rings. The predicted molar refractivity (Wildman–Crippen MR) is 108 cm³/mol. The molecule has 2 nitrogen and oxygen atoms in total. The molecule has 1 aliphatic heterocycles. The van der Waals surface area contributed by atoms with Crippen molar-refractivity contribution in [3.63, 3.8) is 0 Å². The van der Waals surface area contributed by atoms with Crippen molar-refractivity contribution >= 4 is 23.0 Å². The van der Waals surface area contributed by atoms with E-state index < -0.39 is 0 Å². The van der Waals surface area contributed by atoms with Crippen LogP contribution >= 0.6 is 11.6 Å². The number of hydrogen-bond acceptors (Lipinski definition) is 2. The van der Waals surface area contributed by atoms with Crippen molar-refractivity contribution in [1.29, 1.82) is 0 Å². The van der Waals surface area contributed by atoms with Crippen molar-refractivity contribution in [1.82, 2.24) is 0 Å². The van der Waals surface area contributed by atoms with Gasteiger partial charge < -0.3 is 10.2 Å². The van der Waals surface area contributed by atoms with Crippen LogP contribution in [0.5, 0.6) is 0 Å². The maximum absolute atomic E-state index is 6.25. The van der Waals surface area contributed by atoms with Crippen LogP contribution in [-0.4, -0.2) is 13.1 Å². The number of allylic oxidation sites excluding steroid dienone is 2. The van der Waals surface area contributed by atoms with Gasteiger partial charge in [0, 0.05) is 35.4 Å². The first kappa shape index (κ1) is 16.5. The van der Waals surface area contributed by atoms with Gasteiger partial charge in [0.1, 0.15) is 0 Å². The predicted octanol–water partition coefficient (Wildman–Crippen LogP) is 6.01. The molecule has 0 bridgehead atoms. The summed E-state index contributed by atoms with van der Waals surface area (Å²) < 4.78 is 0. The first-order chi connectivity index (χ1) is 12.2. The highest BCUT2D eigenvalue weighted by atomic mass is 35.5. The van der Waals surface area contributed by atoms with Crippen LogP contribution < -0.4 is 10.2 Å². The van der Waals surface area contributed by atoms with E-state index in [0.29, 0.717) is 17.9 Å². The topological polar surface area (TPSA) is 15.3 Å². The van der Waals surface area contributed by atoms with Gasteiger partial charge in [0.15, 0.2) is 0 Å². The van der Waals surface area contributed by atoms with Crippen LogP contribution in [0.2, 0.25) is 5.02 Å². The van der Waals surface area contributed by atoms with Gasteiger partial charge >= 0.3 is 0 Å². The number of nitrogens with one attached hydrogen (secondary N) is 1. The highest BCUT2D eigenvalue weighted by molar-refractivity contribution is 6.30. The molecule has 3 unspecified atom stereocenters. The molecule has 0 saturated carbocycles. The summed E-state index contributed by atoms with van der Waals surface area (Å²) in [6.07, 6.45) is 5.85. The van der Waals surface area contributed by atoms with Crippen LogP contribution in [0.3, 0.4) is 0 Å². The van der Waals surface area contributed by atoms with Crippen LogP contribution in [-0.2, 0) is 0 Å².